The van der Waals surface area contributed by atoms with Crippen LogP contribution in [0.3, 0.4) is 0 Å². The molecule has 0 N–H and O–H groups in total. The highest BCUT2D eigenvalue weighted by Gasteiger charge is 2.14. The van der Waals surface area contributed by atoms with Crippen LogP contribution in [0.1, 0.15) is 0 Å². The Balaban J connectivity index is 0.000000154. The fraction of sp³-hybridized carbons (Fsp3) is 0. The number of para-hydroxylation sites is 3. The van der Waals surface area contributed by atoms with Crippen LogP contribution < -0.4 is 9.80 Å². The van der Waals surface area contributed by atoms with E-state index in [2.05, 4.69) is 317 Å². The number of benzene rings is 12. The van der Waals surface area contributed by atoms with Crippen molar-refractivity contribution in [1.82, 2.24) is 0 Å². The minimum absolute atomic E-state index is 1.07. The Hall–Kier alpha value is -8.76. The molecule has 0 radical (unpaired) electrons. The van der Waals surface area contributed by atoms with Crippen LogP contribution in [0.25, 0.3) is 66.1 Å². The standard InChI is InChI=1S/C34H24BrN.C34H25N/c35-29-19-23-32(24-20-29)36(30-9-2-1-3-10-30)31-21-17-26(18-22-31)25-13-15-28(16-14-25)34-12-6-8-27-7-4-5-11-33(27)34;1-3-12-30(13-4-1)35(31-14-5-2-6-15-31)32-24-22-27(23-25-32)26-18-20-29(21-19-26)34-17-9-11-28-10-7-8-16-33(28)34/h1-24H;1-25H. The van der Waals surface area contributed by atoms with E-state index >= 15 is 0 Å². The van der Waals surface area contributed by atoms with Gasteiger partial charge in [-0.1, -0.05) is 228 Å². The maximum Gasteiger partial charge on any atom is 0.0462 e. The van der Waals surface area contributed by atoms with Gasteiger partial charge >= 0.3 is 0 Å². The van der Waals surface area contributed by atoms with E-state index in [1.807, 2.05) is 6.07 Å². The van der Waals surface area contributed by atoms with Crippen molar-refractivity contribution in [3.63, 3.8) is 0 Å². The first kappa shape index (κ1) is 44.7. The molecule has 0 unspecified atom stereocenters. The molecule has 0 aromatic heterocycles. The molecule has 338 valence electrons. The summed E-state index contributed by atoms with van der Waals surface area (Å²) in [4.78, 5) is 4.56. The summed E-state index contributed by atoms with van der Waals surface area (Å²) in [6.45, 7) is 0. The first-order valence-electron chi connectivity index (χ1n) is 24.0. The summed E-state index contributed by atoms with van der Waals surface area (Å²) in [5.74, 6) is 0. The van der Waals surface area contributed by atoms with E-state index in [-0.39, 0.29) is 0 Å². The second kappa shape index (κ2) is 20.9. The molecule has 0 heterocycles. The molecule has 0 atom stereocenters. The van der Waals surface area contributed by atoms with Crippen molar-refractivity contribution in [3.05, 3.63) is 302 Å². The SMILES string of the molecule is Brc1ccc(N(c2ccccc2)c2ccc(-c3ccc(-c4cccc5ccccc45)cc3)cc2)cc1.c1ccc(N(c2ccccc2)c2ccc(-c3ccc(-c4cccc5ccccc45)cc3)cc2)cc1. The molecule has 12 rings (SSSR count). The van der Waals surface area contributed by atoms with Crippen molar-refractivity contribution in [2.75, 3.05) is 9.80 Å². The Kier molecular flexibility index (Phi) is 13.1. The third-order valence-corrected chi connectivity index (χ3v) is 13.5. The van der Waals surface area contributed by atoms with Crippen LogP contribution in [0, 0.1) is 0 Å². The summed E-state index contributed by atoms with van der Waals surface area (Å²) in [5.41, 5.74) is 16.6. The summed E-state index contributed by atoms with van der Waals surface area (Å²) < 4.78 is 1.07. The van der Waals surface area contributed by atoms with Gasteiger partial charge in [0.25, 0.3) is 0 Å². The van der Waals surface area contributed by atoms with Gasteiger partial charge in [-0.05, 0) is 151 Å². The van der Waals surface area contributed by atoms with Crippen molar-refractivity contribution < 1.29 is 0 Å². The molecule has 12 aromatic rings. The van der Waals surface area contributed by atoms with Crippen LogP contribution in [0.2, 0.25) is 0 Å². The lowest BCUT2D eigenvalue weighted by Crippen LogP contribution is -2.09. The van der Waals surface area contributed by atoms with Crippen molar-refractivity contribution in [1.29, 1.82) is 0 Å². The Labute approximate surface area is 425 Å². The van der Waals surface area contributed by atoms with E-state index in [0.29, 0.717) is 0 Å². The second-order valence-corrected chi connectivity index (χ2v) is 18.4. The third-order valence-electron chi connectivity index (χ3n) is 13.0. The zero-order valence-electron chi connectivity index (χ0n) is 39.1. The predicted molar refractivity (Wildman–Crippen MR) is 307 cm³/mol. The van der Waals surface area contributed by atoms with Gasteiger partial charge in [0.15, 0.2) is 0 Å². The van der Waals surface area contributed by atoms with E-state index < -0.39 is 0 Å². The van der Waals surface area contributed by atoms with Gasteiger partial charge in [-0.2, -0.15) is 0 Å². The molecule has 3 heteroatoms. The largest absolute Gasteiger partial charge is 0.311 e. The average molecular weight is 974 g/mol. The average Bonchev–Trinajstić information content (AvgIpc) is 3.45. The molecule has 0 fully saturated rings. The first-order valence-corrected chi connectivity index (χ1v) is 24.8. The zero-order valence-corrected chi connectivity index (χ0v) is 40.6. The zero-order chi connectivity index (χ0) is 47.8. The Morgan fingerprint density at radius 2 is 0.451 bits per heavy atom. The molecular formula is C68H49BrN2. The van der Waals surface area contributed by atoms with E-state index in [9.17, 15) is 0 Å². The molecular weight excluding hydrogens is 925 g/mol. The van der Waals surface area contributed by atoms with Gasteiger partial charge in [0.05, 0.1) is 0 Å². The van der Waals surface area contributed by atoms with Gasteiger partial charge in [-0.15, -0.1) is 0 Å². The van der Waals surface area contributed by atoms with Gasteiger partial charge in [-0.3, -0.25) is 0 Å². The van der Waals surface area contributed by atoms with Crippen LogP contribution in [0.4, 0.5) is 34.1 Å². The first-order chi connectivity index (χ1) is 35.1. The maximum absolute atomic E-state index is 3.56. The number of hydrogen-bond donors (Lipinski definition) is 0. The lowest BCUT2D eigenvalue weighted by atomic mass is 9.96. The van der Waals surface area contributed by atoms with Gasteiger partial charge in [0, 0.05) is 38.6 Å². The fourth-order valence-electron chi connectivity index (χ4n) is 9.46. The summed E-state index contributed by atoms with van der Waals surface area (Å²) >= 11 is 3.56. The normalized spacial score (nSPS) is 10.9. The molecule has 0 saturated carbocycles. The summed E-state index contributed by atoms with van der Waals surface area (Å²) in [6.07, 6.45) is 0. The minimum atomic E-state index is 1.07. The number of fused-ring (bicyclic) bond motifs is 2. The Bertz CT molecular complexity index is 3600. The van der Waals surface area contributed by atoms with Crippen molar-refractivity contribution >= 4 is 71.6 Å². The van der Waals surface area contributed by atoms with Gasteiger partial charge in [-0.25, -0.2) is 0 Å². The number of hydrogen-bond acceptors (Lipinski definition) is 2. The highest BCUT2D eigenvalue weighted by Crippen LogP contribution is 2.39. The highest BCUT2D eigenvalue weighted by molar-refractivity contribution is 9.10. The summed E-state index contributed by atoms with van der Waals surface area (Å²) in [6, 6.07) is 105. The topological polar surface area (TPSA) is 6.48 Å². The molecule has 0 saturated heterocycles. The Morgan fingerprint density at radius 3 is 0.803 bits per heavy atom. The van der Waals surface area contributed by atoms with E-state index in [1.165, 1.54) is 66.1 Å². The molecule has 0 bridgehead atoms. The second-order valence-electron chi connectivity index (χ2n) is 17.5. The van der Waals surface area contributed by atoms with Gasteiger partial charge in [0.2, 0.25) is 0 Å². The number of nitrogens with zero attached hydrogens (tertiary/aromatic N) is 2. The van der Waals surface area contributed by atoms with Crippen molar-refractivity contribution in [2.45, 2.75) is 0 Å². The van der Waals surface area contributed by atoms with Crippen LogP contribution in [-0.4, -0.2) is 0 Å². The number of halogens is 1. The molecule has 71 heavy (non-hydrogen) atoms. The minimum Gasteiger partial charge on any atom is -0.311 e. The highest BCUT2D eigenvalue weighted by atomic mass is 79.9. The molecule has 12 aromatic carbocycles. The monoisotopic (exact) mass is 972 g/mol. The predicted octanol–water partition coefficient (Wildman–Crippen LogP) is 20.0. The van der Waals surface area contributed by atoms with E-state index in [0.717, 1.165) is 38.6 Å². The van der Waals surface area contributed by atoms with Crippen molar-refractivity contribution in [2.24, 2.45) is 0 Å². The maximum atomic E-state index is 3.56. The van der Waals surface area contributed by atoms with Crippen molar-refractivity contribution in [3.8, 4) is 44.5 Å². The molecule has 0 amide bonds. The third kappa shape index (κ3) is 9.91. The van der Waals surface area contributed by atoms with E-state index in [4.69, 9.17) is 0 Å². The number of rotatable bonds is 10. The van der Waals surface area contributed by atoms with Crippen LogP contribution in [-0.2, 0) is 0 Å². The smallest absolute Gasteiger partial charge is 0.0462 e. The lowest BCUT2D eigenvalue weighted by molar-refractivity contribution is 1.28. The lowest BCUT2D eigenvalue weighted by Gasteiger charge is -2.25. The number of anilines is 6. The fourth-order valence-corrected chi connectivity index (χ4v) is 9.72. The van der Waals surface area contributed by atoms with Crippen LogP contribution in [0.15, 0.2) is 302 Å². The van der Waals surface area contributed by atoms with Gasteiger partial charge < -0.3 is 9.80 Å². The quantitative estimate of drug-likeness (QED) is 0.135. The summed E-state index contributed by atoms with van der Waals surface area (Å²) in [7, 11) is 0. The van der Waals surface area contributed by atoms with Crippen LogP contribution in [0.5, 0.6) is 0 Å². The molecule has 0 aliphatic heterocycles. The van der Waals surface area contributed by atoms with Crippen LogP contribution >= 0.6 is 15.9 Å². The van der Waals surface area contributed by atoms with Gasteiger partial charge in [0.1, 0.15) is 0 Å². The summed E-state index contributed by atoms with van der Waals surface area (Å²) in [5, 5.41) is 5.11. The Morgan fingerprint density at radius 1 is 0.197 bits per heavy atom. The molecule has 0 spiro atoms. The van der Waals surface area contributed by atoms with E-state index in [1.54, 1.807) is 0 Å². The molecule has 0 aliphatic rings. The molecule has 2 nitrogen and oxygen atoms in total. The molecule has 0 aliphatic carbocycles.